The molecule has 0 saturated carbocycles. The van der Waals surface area contributed by atoms with Gasteiger partial charge in [-0.3, -0.25) is 4.90 Å². The smallest absolute Gasteiger partial charge is 0.134 e. The molecule has 2 rings (SSSR count). The molecule has 1 heterocycles. The highest BCUT2D eigenvalue weighted by atomic mass is 16.5. The molecular weight excluding hydrogens is 250 g/mol. The van der Waals surface area contributed by atoms with Gasteiger partial charge in [0, 0.05) is 6.54 Å². The van der Waals surface area contributed by atoms with Crippen LogP contribution in [0.1, 0.15) is 30.4 Å². The zero-order valence-corrected chi connectivity index (χ0v) is 12.2. The molecule has 1 saturated heterocycles. The lowest BCUT2D eigenvalue weighted by Crippen LogP contribution is -2.33. The van der Waals surface area contributed by atoms with Crippen LogP contribution in [0.4, 0.5) is 0 Å². The second kappa shape index (κ2) is 7.94. The van der Waals surface area contributed by atoms with Crippen LogP contribution in [0.25, 0.3) is 0 Å². The number of aliphatic hydroxyl groups is 1. The van der Waals surface area contributed by atoms with Crippen molar-refractivity contribution in [2.45, 2.75) is 26.2 Å². The molecule has 0 bridgehead atoms. The van der Waals surface area contributed by atoms with Crippen molar-refractivity contribution in [3.8, 4) is 17.6 Å². The largest absolute Gasteiger partial charge is 0.491 e. The second-order valence-electron chi connectivity index (χ2n) is 5.21. The first-order valence-corrected chi connectivity index (χ1v) is 7.35. The Morgan fingerprint density at radius 1 is 1.25 bits per heavy atom. The van der Waals surface area contributed by atoms with Gasteiger partial charge >= 0.3 is 0 Å². The Morgan fingerprint density at radius 2 is 2.05 bits per heavy atom. The summed E-state index contributed by atoms with van der Waals surface area (Å²) in [5, 5.41) is 8.81. The third kappa shape index (κ3) is 4.56. The molecule has 1 aromatic carbocycles. The molecule has 1 aliphatic heterocycles. The molecule has 1 aromatic rings. The molecular formula is C17H23NO2. The van der Waals surface area contributed by atoms with Crippen LogP contribution in [0.3, 0.4) is 0 Å². The topological polar surface area (TPSA) is 32.7 Å². The minimum atomic E-state index is -0.124. The number of aryl methyl sites for hydroxylation is 1. The lowest BCUT2D eigenvalue weighted by molar-refractivity contribution is 0.183. The number of piperidine rings is 1. The van der Waals surface area contributed by atoms with E-state index in [2.05, 4.69) is 16.7 Å². The van der Waals surface area contributed by atoms with E-state index in [1.807, 2.05) is 25.1 Å². The number of likely N-dealkylation sites (tertiary alicyclic amines) is 1. The summed E-state index contributed by atoms with van der Waals surface area (Å²) in [5.74, 6) is 6.45. The maximum atomic E-state index is 8.81. The highest BCUT2D eigenvalue weighted by Crippen LogP contribution is 2.19. The normalized spacial score (nSPS) is 15.5. The summed E-state index contributed by atoms with van der Waals surface area (Å²) in [6.07, 6.45) is 3.96. The Balaban J connectivity index is 1.91. The van der Waals surface area contributed by atoms with Gasteiger partial charge in [-0.05, 0) is 50.6 Å². The van der Waals surface area contributed by atoms with Crippen molar-refractivity contribution in [3.05, 3.63) is 29.3 Å². The van der Waals surface area contributed by atoms with Gasteiger partial charge in [0.05, 0.1) is 5.56 Å². The van der Waals surface area contributed by atoms with Crippen LogP contribution in [0.5, 0.6) is 5.75 Å². The van der Waals surface area contributed by atoms with E-state index in [0.717, 1.165) is 23.4 Å². The van der Waals surface area contributed by atoms with Gasteiger partial charge in [-0.25, -0.2) is 0 Å². The molecule has 1 fully saturated rings. The van der Waals surface area contributed by atoms with Crippen molar-refractivity contribution in [1.29, 1.82) is 0 Å². The van der Waals surface area contributed by atoms with Gasteiger partial charge in [0.25, 0.3) is 0 Å². The van der Waals surface area contributed by atoms with Crippen LogP contribution in [-0.2, 0) is 0 Å². The van der Waals surface area contributed by atoms with Crippen molar-refractivity contribution in [1.82, 2.24) is 4.90 Å². The molecule has 1 aliphatic rings. The van der Waals surface area contributed by atoms with E-state index in [9.17, 15) is 0 Å². The number of benzene rings is 1. The maximum Gasteiger partial charge on any atom is 0.134 e. The van der Waals surface area contributed by atoms with Gasteiger partial charge in [-0.15, -0.1) is 0 Å². The summed E-state index contributed by atoms with van der Waals surface area (Å²) < 4.78 is 5.87. The Morgan fingerprint density at radius 3 is 2.80 bits per heavy atom. The Hall–Kier alpha value is -1.50. The van der Waals surface area contributed by atoms with Crippen molar-refractivity contribution in [2.24, 2.45) is 0 Å². The average Bonchev–Trinajstić information content (AvgIpc) is 2.48. The first-order valence-electron chi connectivity index (χ1n) is 7.35. The standard InChI is InChI=1S/C17H23NO2/c1-15-7-8-17(16(14-15)6-5-12-19)20-13-11-18-9-3-2-4-10-18/h7-8,14,19H,2-4,9-13H2,1H3. The zero-order chi connectivity index (χ0) is 14.2. The first-order chi connectivity index (χ1) is 9.79. The lowest BCUT2D eigenvalue weighted by Gasteiger charge is -2.26. The minimum absolute atomic E-state index is 0.124. The summed E-state index contributed by atoms with van der Waals surface area (Å²) in [4.78, 5) is 2.46. The number of nitrogens with zero attached hydrogens (tertiary/aromatic N) is 1. The van der Waals surface area contributed by atoms with E-state index in [1.165, 1.54) is 32.4 Å². The van der Waals surface area contributed by atoms with Crippen molar-refractivity contribution >= 4 is 0 Å². The van der Waals surface area contributed by atoms with Gasteiger partial charge in [0.1, 0.15) is 19.0 Å². The number of aliphatic hydroxyl groups excluding tert-OH is 1. The van der Waals surface area contributed by atoms with Gasteiger partial charge < -0.3 is 9.84 Å². The summed E-state index contributed by atoms with van der Waals surface area (Å²) in [6.45, 7) is 5.95. The Bertz CT molecular complexity index is 481. The summed E-state index contributed by atoms with van der Waals surface area (Å²) >= 11 is 0. The quantitative estimate of drug-likeness (QED) is 0.854. The van der Waals surface area contributed by atoms with Crippen molar-refractivity contribution in [3.63, 3.8) is 0 Å². The fourth-order valence-corrected chi connectivity index (χ4v) is 2.47. The van der Waals surface area contributed by atoms with E-state index >= 15 is 0 Å². The predicted molar refractivity (Wildman–Crippen MR) is 80.9 cm³/mol. The highest BCUT2D eigenvalue weighted by molar-refractivity contribution is 5.48. The molecule has 108 valence electrons. The van der Waals surface area contributed by atoms with E-state index in [0.29, 0.717) is 6.61 Å². The maximum absolute atomic E-state index is 8.81. The summed E-state index contributed by atoms with van der Waals surface area (Å²) in [6, 6.07) is 5.99. The molecule has 0 aliphatic carbocycles. The van der Waals surface area contributed by atoms with Crippen LogP contribution in [0, 0.1) is 18.8 Å². The molecule has 0 radical (unpaired) electrons. The van der Waals surface area contributed by atoms with Gasteiger partial charge in [0.2, 0.25) is 0 Å². The summed E-state index contributed by atoms with van der Waals surface area (Å²) in [5.41, 5.74) is 2.01. The van der Waals surface area contributed by atoms with E-state index in [-0.39, 0.29) is 6.61 Å². The SMILES string of the molecule is Cc1ccc(OCCN2CCCCC2)c(C#CCO)c1. The fraction of sp³-hybridized carbons (Fsp3) is 0.529. The average molecular weight is 273 g/mol. The van der Waals surface area contributed by atoms with E-state index < -0.39 is 0 Å². The van der Waals surface area contributed by atoms with Crippen LogP contribution >= 0.6 is 0 Å². The lowest BCUT2D eigenvalue weighted by atomic mass is 10.1. The molecule has 0 amide bonds. The van der Waals surface area contributed by atoms with Crippen LogP contribution in [-0.4, -0.2) is 42.9 Å². The fourth-order valence-electron chi connectivity index (χ4n) is 2.47. The molecule has 0 unspecified atom stereocenters. The molecule has 3 nitrogen and oxygen atoms in total. The van der Waals surface area contributed by atoms with E-state index in [4.69, 9.17) is 9.84 Å². The van der Waals surface area contributed by atoms with Crippen LogP contribution < -0.4 is 4.74 Å². The number of hydrogen-bond acceptors (Lipinski definition) is 3. The second-order valence-corrected chi connectivity index (χ2v) is 5.21. The molecule has 1 N–H and O–H groups in total. The highest BCUT2D eigenvalue weighted by Gasteiger charge is 2.10. The molecule has 0 aromatic heterocycles. The first kappa shape index (κ1) is 14.9. The third-order valence-corrected chi connectivity index (χ3v) is 3.55. The van der Waals surface area contributed by atoms with Gasteiger partial charge in [-0.1, -0.05) is 24.3 Å². The third-order valence-electron chi connectivity index (χ3n) is 3.55. The van der Waals surface area contributed by atoms with Crippen LogP contribution in [0.2, 0.25) is 0 Å². The molecule has 0 atom stereocenters. The molecule has 3 heteroatoms. The van der Waals surface area contributed by atoms with Crippen LogP contribution in [0.15, 0.2) is 18.2 Å². The van der Waals surface area contributed by atoms with E-state index in [1.54, 1.807) is 0 Å². The minimum Gasteiger partial charge on any atom is -0.491 e. The Labute approximate surface area is 121 Å². The molecule has 20 heavy (non-hydrogen) atoms. The van der Waals surface area contributed by atoms with Gasteiger partial charge in [0.15, 0.2) is 0 Å². The summed E-state index contributed by atoms with van der Waals surface area (Å²) in [7, 11) is 0. The number of rotatable bonds is 4. The number of ether oxygens (including phenoxy) is 1. The predicted octanol–water partition coefficient (Wildman–Crippen LogP) is 2.20. The zero-order valence-electron chi connectivity index (χ0n) is 12.2. The van der Waals surface area contributed by atoms with Crippen molar-refractivity contribution in [2.75, 3.05) is 32.8 Å². The van der Waals surface area contributed by atoms with Crippen molar-refractivity contribution < 1.29 is 9.84 Å². The monoisotopic (exact) mass is 273 g/mol. The van der Waals surface area contributed by atoms with Gasteiger partial charge in [-0.2, -0.15) is 0 Å². The molecule has 0 spiro atoms. The number of hydrogen-bond donors (Lipinski definition) is 1. The Kier molecular flexibility index (Phi) is 5.91.